The fraction of sp³-hybridized carbons (Fsp3) is 0.351. The van der Waals surface area contributed by atoms with Crippen LogP contribution in [0.1, 0.15) is 241 Å². The van der Waals surface area contributed by atoms with E-state index in [9.17, 15) is 51.1 Å². The second-order valence-electron chi connectivity index (χ2n) is 37.9. The zero-order valence-corrected chi connectivity index (χ0v) is 82.4. The number of benzene rings is 9. The summed E-state index contributed by atoms with van der Waals surface area (Å²) in [6.07, 6.45) is 25.6. The number of hydrogen-bond donors (Lipinski definition) is 10. The number of allylic oxidation sites excluding steroid dienone is 5. The minimum atomic E-state index is -4.00. The van der Waals surface area contributed by atoms with Gasteiger partial charge in [-0.1, -0.05) is 174 Å². The maximum atomic E-state index is 12.9. The summed E-state index contributed by atoms with van der Waals surface area (Å²) in [5.41, 5.74) is 71.5. The molecule has 0 spiro atoms. The number of esters is 7. The molecule has 9 aromatic carbocycles. The topological polar surface area (TPSA) is 457 Å². The number of fused-ring (bicyclic) bond motifs is 5. The minimum Gasteiger partial charge on any atom is -0.462 e. The molecule has 10 aromatic rings. The smallest absolute Gasteiger partial charge is 0.386 e. The van der Waals surface area contributed by atoms with Gasteiger partial charge < -0.3 is 90.5 Å². The van der Waals surface area contributed by atoms with Crippen molar-refractivity contribution in [1.29, 1.82) is 0 Å². The van der Waals surface area contributed by atoms with Gasteiger partial charge in [-0.3, -0.25) is 9.37 Å². The van der Waals surface area contributed by atoms with Crippen molar-refractivity contribution in [3.8, 4) is 5.75 Å². The number of rotatable bonds is 23. The van der Waals surface area contributed by atoms with Gasteiger partial charge in [0.2, 0.25) is 0 Å². The average molecular weight is 1960 g/mol. The minimum absolute atomic E-state index is 0.0972. The number of pyridine rings is 1. The number of aromatic nitrogens is 1. The van der Waals surface area contributed by atoms with E-state index in [-0.39, 0.29) is 60.8 Å². The summed E-state index contributed by atoms with van der Waals surface area (Å²) in [6.45, 7) is 15.1. The largest absolute Gasteiger partial charge is 0.462 e. The Morgan fingerprint density at radius 3 is 1.15 bits per heavy atom. The molecule has 5 fully saturated rings. The van der Waals surface area contributed by atoms with Crippen LogP contribution in [0.15, 0.2) is 266 Å². The predicted octanol–water partition coefficient (Wildman–Crippen LogP) is 23.1. The highest BCUT2D eigenvalue weighted by molar-refractivity contribution is 5.96. The molecule has 5 saturated carbocycles. The van der Waals surface area contributed by atoms with Crippen LogP contribution in [0.25, 0.3) is 12.2 Å². The van der Waals surface area contributed by atoms with Crippen LogP contribution in [0.3, 0.4) is 0 Å². The number of carbonyl (C=O) groups is 7. The van der Waals surface area contributed by atoms with E-state index in [1.807, 2.05) is 84.9 Å². The van der Waals surface area contributed by atoms with E-state index in [0.29, 0.717) is 202 Å². The fourth-order valence-corrected chi connectivity index (χ4v) is 19.1. The predicted molar refractivity (Wildman–Crippen MR) is 558 cm³/mol. The van der Waals surface area contributed by atoms with Gasteiger partial charge in [-0.15, -0.1) is 0 Å². The molecule has 25 nitrogen and oxygen atoms in total. The highest BCUT2D eigenvalue weighted by Gasteiger charge is 2.57. The van der Waals surface area contributed by atoms with Crippen molar-refractivity contribution in [2.45, 2.75) is 194 Å². The van der Waals surface area contributed by atoms with Crippen molar-refractivity contribution >= 4 is 111 Å². The monoisotopic (exact) mass is 1960 g/mol. The summed E-state index contributed by atoms with van der Waals surface area (Å²) in [4.78, 5) is 89.7. The van der Waals surface area contributed by atoms with Crippen LogP contribution in [-0.2, 0) is 34.8 Å². The molecule has 0 radical (unpaired) electrons. The standard InChI is InChI=1S/C35H50N2O2.C21H18N2O2.2C20H22N2O4.C15H17N3O2.C2H3F3.CH3F/c1-21(2)22(3)7-8-23(4)30-11-12-31-29-10-9-25-19-28(39-33(38)24-17-26(36)20-27(37)18-24)13-15-34(25,5)32(29)14-16-35(30,31)6;22-18-12-17(13-19(23)14-18)21(24)25-20-10-8-16(9-11-20)7-6-15-4-2-1-3-5-15;2*21-15-10-14(11-16(22)12-15)20(24)26-18-8-6-17(7-9-18)25-19(23)13-4-2-1-3-5-13;16-12-8-11(9-13(17)10-12)15(19)20-7-3-5-14-4-1-2-6-18-14;1-2(3,4)5;1-2/h7-10,17-18,20-23,28,30-32H,11-16,19,36-37H2,1-6H3;1-14H,22-23H2;2*1-5,10-12,17-18H,6-9,21-22H2;1-2,4,6,8-10H,3,5,7,16-17H2;1H3;1H3/b8-7+;7-6-;;;;;. The second-order valence-corrected chi connectivity index (χ2v) is 37.9. The molecule has 8 atom stereocenters. The fourth-order valence-electron chi connectivity index (χ4n) is 19.1. The number of halogens is 4. The number of hydrogen-bond acceptors (Lipinski definition) is 25. The highest BCUT2D eigenvalue weighted by Crippen LogP contribution is 2.66. The molecule has 0 aliphatic heterocycles. The third kappa shape index (κ3) is 33.9. The lowest BCUT2D eigenvalue weighted by Crippen LogP contribution is -2.46. The van der Waals surface area contributed by atoms with Crippen LogP contribution in [0.4, 0.5) is 74.4 Å². The molecular formula is C114H135F4N11O14. The van der Waals surface area contributed by atoms with Gasteiger partial charge in [0.15, 0.2) is 0 Å². The number of nitrogen functional groups attached to an aromatic ring is 10. The Labute approximate surface area is 834 Å². The molecule has 1 aromatic heterocycles. The average Bonchev–Trinajstić information content (AvgIpc) is 1.66. The zero-order valence-electron chi connectivity index (χ0n) is 82.4. The van der Waals surface area contributed by atoms with Gasteiger partial charge in [-0.2, -0.15) is 13.2 Å². The molecule has 6 aliphatic carbocycles. The molecule has 1 heterocycles. The Morgan fingerprint density at radius 1 is 0.399 bits per heavy atom. The van der Waals surface area contributed by atoms with Gasteiger partial charge in [-0.05, 0) is 300 Å². The van der Waals surface area contributed by atoms with Crippen molar-refractivity contribution in [1.82, 2.24) is 4.98 Å². The number of alkyl halides is 4. The van der Waals surface area contributed by atoms with E-state index in [1.165, 1.54) is 43.4 Å². The molecule has 29 heteroatoms. The molecule has 758 valence electrons. The Morgan fingerprint density at radius 2 is 0.762 bits per heavy atom. The number of anilines is 10. The Kier molecular flexibility index (Phi) is 40.5. The first-order valence-electron chi connectivity index (χ1n) is 48.3. The summed E-state index contributed by atoms with van der Waals surface area (Å²) in [6, 6.07) is 64.5. The highest BCUT2D eigenvalue weighted by atomic mass is 19.4. The van der Waals surface area contributed by atoms with Crippen LogP contribution >= 0.6 is 0 Å². The van der Waals surface area contributed by atoms with E-state index in [0.717, 1.165) is 54.8 Å². The lowest BCUT2D eigenvalue weighted by Gasteiger charge is -2.55. The zero-order chi connectivity index (χ0) is 104. The van der Waals surface area contributed by atoms with Gasteiger partial charge in [0.05, 0.1) is 52.7 Å². The summed E-state index contributed by atoms with van der Waals surface area (Å²) < 4.78 is 79.2. The molecule has 0 bridgehead atoms. The quantitative estimate of drug-likeness (QED) is 0.00415. The molecule has 6 aliphatic rings. The summed E-state index contributed by atoms with van der Waals surface area (Å²) in [5.74, 6) is 1.75. The van der Waals surface area contributed by atoms with E-state index < -0.39 is 30.1 Å². The number of nitrogens with two attached hydrogens (primary N) is 10. The lowest BCUT2D eigenvalue weighted by atomic mass is 9.50. The van der Waals surface area contributed by atoms with Gasteiger partial charge in [0.25, 0.3) is 0 Å². The third-order valence-corrected chi connectivity index (χ3v) is 26.6. The summed E-state index contributed by atoms with van der Waals surface area (Å²) >= 11 is 0. The Balaban J connectivity index is 0.000000183. The Hall–Kier alpha value is -14.9. The van der Waals surface area contributed by atoms with Gasteiger partial charge in [0.1, 0.15) is 36.3 Å². The van der Waals surface area contributed by atoms with Crippen LogP contribution in [0.5, 0.6) is 5.75 Å². The maximum Gasteiger partial charge on any atom is 0.386 e. The third-order valence-electron chi connectivity index (χ3n) is 26.6. The van der Waals surface area contributed by atoms with Gasteiger partial charge in [-0.25, -0.2) is 33.6 Å². The van der Waals surface area contributed by atoms with Crippen molar-refractivity contribution in [3.05, 3.63) is 322 Å². The van der Waals surface area contributed by atoms with Crippen LogP contribution in [0, 0.1) is 46.3 Å². The number of nitrogens with zero attached hydrogens (tertiary/aromatic N) is 1. The van der Waals surface area contributed by atoms with Crippen molar-refractivity contribution in [2.75, 3.05) is 71.1 Å². The van der Waals surface area contributed by atoms with Crippen molar-refractivity contribution < 1.29 is 84.3 Å². The van der Waals surface area contributed by atoms with E-state index in [1.54, 1.807) is 151 Å². The second kappa shape index (κ2) is 52.6. The van der Waals surface area contributed by atoms with Gasteiger partial charge >= 0.3 is 48.0 Å². The first-order chi connectivity index (χ1) is 68.2. The Bertz CT molecular complexity index is 5790. The molecule has 20 N–H and O–H groups in total. The van der Waals surface area contributed by atoms with Crippen LogP contribution < -0.4 is 62.1 Å². The van der Waals surface area contributed by atoms with Crippen molar-refractivity contribution in [3.63, 3.8) is 0 Å². The summed E-state index contributed by atoms with van der Waals surface area (Å²) in [5, 5.41) is 0. The first-order valence-corrected chi connectivity index (χ1v) is 48.3. The molecule has 8 unspecified atom stereocenters. The normalized spacial score (nSPS) is 20.5. The summed E-state index contributed by atoms with van der Waals surface area (Å²) in [7, 11) is 0.500. The molecular weight excluding hydrogens is 1820 g/mol. The van der Waals surface area contributed by atoms with Gasteiger partial charge in [0, 0.05) is 82.1 Å². The van der Waals surface area contributed by atoms with Crippen LogP contribution in [-0.4, -0.2) is 97.2 Å². The molecule has 143 heavy (non-hydrogen) atoms. The first kappa shape index (κ1) is 110. The number of carbonyl (C=O) groups excluding carboxylic acids is 7. The molecule has 16 rings (SSSR count). The lowest BCUT2D eigenvalue weighted by molar-refractivity contribution is -0.110. The SMILES string of the molecule is CC(C)C(C)/C=C/C(C)C1CCC2C3=CC=C4CC(OC(=O)c5cc(N)cc(N)c5)CCC4(C)C3CCC21C.CC(F)(F)F.CF.Nc1cc(N)cc(C(=O)OC2CCC(OC(=O)c3ccccc3)CC2)c1.Nc1cc(N)cc(C(=O)OC2CCC(OC(=O)c3ccccc3)CC2)c1.Nc1cc(N)cc(C(=O)OCCCc2ccccn2)c1.Nc1cc(N)cc(C(=O)Oc2ccc(/C=C\c3ccccc3)cc2)c1. The van der Waals surface area contributed by atoms with Crippen molar-refractivity contribution in [2.24, 2.45) is 46.3 Å². The molecule has 0 amide bonds. The molecule has 0 saturated heterocycles. The van der Waals surface area contributed by atoms with E-state index in [2.05, 4.69) is 70.8 Å². The van der Waals surface area contributed by atoms with E-state index in [4.69, 9.17) is 90.5 Å². The number of aryl methyl sites for hydroxylation is 1. The maximum absolute atomic E-state index is 12.9. The van der Waals surface area contributed by atoms with E-state index >= 15 is 0 Å². The van der Waals surface area contributed by atoms with Crippen LogP contribution in [0.2, 0.25) is 0 Å². The number of ether oxygens (including phenoxy) is 7.